The van der Waals surface area contributed by atoms with Crippen molar-refractivity contribution in [1.29, 1.82) is 0 Å². The summed E-state index contributed by atoms with van der Waals surface area (Å²) in [5.74, 6) is 0.771. The second kappa shape index (κ2) is 7.62. The van der Waals surface area contributed by atoms with Gasteiger partial charge in [-0.2, -0.15) is 0 Å². The van der Waals surface area contributed by atoms with Gasteiger partial charge in [-0.05, 0) is 54.2 Å². The average molecular weight is 369 g/mol. The molecule has 1 N–H and O–H groups in total. The van der Waals surface area contributed by atoms with E-state index in [1.165, 1.54) is 18.4 Å². The molecule has 0 bridgehead atoms. The second-order valence-electron chi connectivity index (χ2n) is 7.23. The van der Waals surface area contributed by atoms with E-state index < -0.39 is 0 Å². The molecule has 1 aromatic heterocycles. The molecule has 26 heavy (non-hydrogen) atoms. The molecule has 2 heterocycles. The molecule has 2 aliphatic rings. The maximum atomic E-state index is 12.6. The first kappa shape index (κ1) is 17.3. The molecule has 5 heteroatoms. The molecule has 1 atom stereocenters. The van der Waals surface area contributed by atoms with Gasteiger partial charge in [0.05, 0.1) is 6.42 Å². The quantitative estimate of drug-likeness (QED) is 0.849. The highest BCUT2D eigenvalue weighted by Gasteiger charge is 2.33. The topological polar surface area (TPSA) is 49.4 Å². The van der Waals surface area contributed by atoms with E-state index in [2.05, 4.69) is 29.6 Å². The Morgan fingerprint density at radius 1 is 1.12 bits per heavy atom. The smallest absolute Gasteiger partial charge is 0.243 e. The zero-order valence-corrected chi connectivity index (χ0v) is 15.6. The number of likely N-dealkylation sites (tertiary alicyclic amines) is 1. The second-order valence-corrected chi connectivity index (χ2v) is 8.27. The van der Waals surface area contributed by atoms with Gasteiger partial charge in [-0.25, -0.2) is 0 Å². The molecular formula is C21H24N2O2S. The van der Waals surface area contributed by atoms with Gasteiger partial charge in [-0.1, -0.05) is 30.3 Å². The first-order valence-corrected chi connectivity index (χ1v) is 10.3. The van der Waals surface area contributed by atoms with Crippen molar-refractivity contribution in [2.45, 2.75) is 50.6 Å². The fraction of sp³-hybridized carbons (Fsp3) is 0.429. The average Bonchev–Trinajstić information content (AvgIpc) is 3.16. The summed E-state index contributed by atoms with van der Waals surface area (Å²) in [6.07, 6.45) is 4.64. The zero-order chi connectivity index (χ0) is 17.9. The van der Waals surface area contributed by atoms with Crippen LogP contribution in [-0.4, -0.2) is 29.3 Å². The number of hydrogen-bond donors (Lipinski definition) is 1. The fourth-order valence-electron chi connectivity index (χ4n) is 3.63. The van der Waals surface area contributed by atoms with E-state index in [0.29, 0.717) is 19.5 Å². The molecule has 0 radical (unpaired) electrons. The van der Waals surface area contributed by atoms with Crippen LogP contribution < -0.4 is 5.32 Å². The lowest BCUT2D eigenvalue weighted by molar-refractivity contribution is -0.138. The highest BCUT2D eigenvalue weighted by molar-refractivity contribution is 7.10. The Bertz CT molecular complexity index is 766. The third-order valence-corrected chi connectivity index (χ3v) is 6.15. The van der Waals surface area contributed by atoms with E-state index in [0.717, 1.165) is 29.2 Å². The van der Waals surface area contributed by atoms with Crippen molar-refractivity contribution < 1.29 is 9.59 Å². The number of carbonyl (C=O) groups is 2. The summed E-state index contributed by atoms with van der Waals surface area (Å²) < 4.78 is 0. The van der Waals surface area contributed by atoms with Crippen LogP contribution in [0, 0.1) is 0 Å². The lowest BCUT2D eigenvalue weighted by atomic mass is 10.1. The molecule has 4 nitrogen and oxygen atoms in total. The van der Waals surface area contributed by atoms with Crippen molar-refractivity contribution in [1.82, 2.24) is 10.2 Å². The number of rotatable bonds is 6. The van der Waals surface area contributed by atoms with Gasteiger partial charge in [0.1, 0.15) is 6.04 Å². The van der Waals surface area contributed by atoms with E-state index in [-0.39, 0.29) is 17.9 Å². The lowest BCUT2D eigenvalue weighted by Crippen LogP contribution is -2.46. The molecule has 1 saturated heterocycles. The van der Waals surface area contributed by atoms with E-state index in [9.17, 15) is 9.59 Å². The number of nitrogens with zero attached hydrogens (tertiary/aromatic N) is 1. The van der Waals surface area contributed by atoms with E-state index in [4.69, 9.17) is 0 Å². The summed E-state index contributed by atoms with van der Waals surface area (Å²) in [5.41, 5.74) is 2.51. The van der Waals surface area contributed by atoms with Gasteiger partial charge in [0.2, 0.25) is 11.8 Å². The minimum atomic E-state index is -0.326. The molecular weight excluding hydrogens is 344 g/mol. The fourth-order valence-corrected chi connectivity index (χ4v) is 4.33. The summed E-state index contributed by atoms with van der Waals surface area (Å²) in [4.78, 5) is 28.0. The standard InChI is InChI=1S/C21H24N2O2S/c24-20(13-18-3-2-12-26-18)23-11-1-4-19(23)21(25)22-14-15-5-7-16(8-6-15)17-9-10-17/h2-3,5-8,12,17,19H,1,4,9-11,13-14H2,(H,22,25)/t19-/m0/s1. The number of amides is 2. The Morgan fingerprint density at radius 3 is 2.62 bits per heavy atom. The van der Waals surface area contributed by atoms with Crippen molar-refractivity contribution in [3.05, 3.63) is 57.8 Å². The minimum Gasteiger partial charge on any atom is -0.350 e. The van der Waals surface area contributed by atoms with Crippen LogP contribution in [-0.2, 0) is 22.6 Å². The van der Waals surface area contributed by atoms with E-state index in [1.54, 1.807) is 16.2 Å². The van der Waals surface area contributed by atoms with Gasteiger partial charge in [-0.15, -0.1) is 11.3 Å². The van der Waals surface area contributed by atoms with Gasteiger partial charge in [0.25, 0.3) is 0 Å². The zero-order valence-electron chi connectivity index (χ0n) is 14.8. The van der Waals surface area contributed by atoms with Crippen LogP contribution in [0.25, 0.3) is 0 Å². The lowest BCUT2D eigenvalue weighted by Gasteiger charge is -2.24. The molecule has 0 unspecified atom stereocenters. The molecule has 1 saturated carbocycles. The summed E-state index contributed by atoms with van der Waals surface area (Å²) in [6, 6.07) is 12.1. The Kier molecular flexibility index (Phi) is 5.07. The highest BCUT2D eigenvalue weighted by Crippen LogP contribution is 2.39. The van der Waals surface area contributed by atoms with Crippen molar-refractivity contribution in [2.24, 2.45) is 0 Å². The number of nitrogens with one attached hydrogen (secondary N) is 1. The Morgan fingerprint density at radius 2 is 1.92 bits per heavy atom. The molecule has 2 aromatic rings. The van der Waals surface area contributed by atoms with Gasteiger partial charge >= 0.3 is 0 Å². The van der Waals surface area contributed by atoms with Crippen LogP contribution >= 0.6 is 11.3 Å². The molecule has 4 rings (SSSR count). The molecule has 1 aromatic carbocycles. The highest BCUT2D eigenvalue weighted by atomic mass is 32.1. The SMILES string of the molecule is O=C(NCc1ccc(C2CC2)cc1)[C@@H]1CCCN1C(=O)Cc1cccs1. The number of thiophene rings is 1. The first-order chi connectivity index (χ1) is 12.7. The summed E-state index contributed by atoms with van der Waals surface area (Å²) in [6.45, 7) is 1.20. The number of carbonyl (C=O) groups excluding carboxylic acids is 2. The predicted octanol–water partition coefficient (Wildman–Crippen LogP) is 3.48. The molecule has 1 aliphatic heterocycles. The Hall–Kier alpha value is -2.14. The molecule has 136 valence electrons. The largest absolute Gasteiger partial charge is 0.350 e. The maximum absolute atomic E-state index is 12.6. The Balaban J connectivity index is 1.31. The third-order valence-electron chi connectivity index (χ3n) is 5.28. The van der Waals surface area contributed by atoms with E-state index >= 15 is 0 Å². The maximum Gasteiger partial charge on any atom is 0.243 e. The number of hydrogen-bond acceptors (Lipinski definition) is 3. The van der Waals surface area contributed by atoms with Gasteiger partial charge in [-0.3, -0.25) is 9.59 Å². The first-order valence-electron chi connectivity index (χ1n) is 9.39. The van der Waals surface area contributed by atoms with Gasteiger partial charge in [0.15, 0.2) is 0 Å². The van der Waals surface area contributed by atoms with E-state index in [1.807, 2.05) is 17.5 Å². The van der Waals surface area contributed by atoms with Crippen LogP contribution in [0.5, 0.6) is 0 Å². The minimum absolute atomic E-state index is 0.0340. The van der Waals surface area contributed by atoms with Crippen LogP contribution in [0.4, 0.5) is 0 Å². The molecule has 1 aliphatic carbocycles. The summed E-state index contributed by atoms with van der Waals surface area (Å²) in [5, 5.41) is 5.00. The van der Waals surface area contributed by atoms with Crippen molar-refractivity contribution in [3.8, 4) is 0 Å². The normalized spacial score (nSPS) is 19.5. The number of benzene rings is 1. The van der Waals surface area contributed by atoms with Crippen molar-refractivity contribution >= 4 is 23.2 Å². The molecule has 2 amide bonds. The monoisotopic (exact) mass is 368 g/mol. The predicted molar refractivity (Wildman–Crippen MR) is 103 cm³/mol. The van der Waals surface area contributed by atoms with Crippen LogP contribution in [0.1, 0.15) is 47.6 Å². The summed E-state index contributed by atoms with van der Waals surface area (Å²) in [7, 11) is 0. The third kappa shape index (κ3) is 3.98. The summed E-state index contributed by atoms with van der Waals surface area (Å²) >= 11 is 1.59. The van der Waals surface area contributed by atoms with Crippen molar-refractivity contribution in [2.75, 3.05) is 6.54 Å². The Labute approximate surface area is 158 Å². The molecule has 2 fully saturated rings. The molecule has 0 spiro atoms. The van der Waals surface area contributed by atoms with Crippen LogP contribution in [0.2, 0.25) is 0 Å². The van der Waals surface area contributed by atoms with Gasteiger partial charge < -0.3 is 10.2 Å². The van der Waals surface area contributed by atoms with Crippen molar-refractivity contribution in [3.63, 3.8) is 0 Å². The van der Waals surface area contributed by atoms with Crippen LogP contribution in [0.15, 0.2) is 41.8 Å². The van der Waals surface area contributed by atoms with Gasteiger partial charge in [0, 0.05) is 18.0 Å². The van der Waals surface area contributed by atoms with Crippen LogP contribution in [0.3, 0.4) is 0 Å².